The maximum Gasteiger partial charge on any atom is 0.330 e. The molecule has 1 aromatic carbocycles. The van der Waals surface area contributed by atoms with E-state index in [0.29, 0.717) is 36.7 Å². The zero-order chi connectivity index (χ0) is 19.6. The van der Waals surface area contributed by atoms with Crippen molar-refractivity contribution in [1.29, 1.82) is 0 Å². The van der Waals surface area contributed by atoms with Crippen molar-refractivity contribution in [2.24, 2.45) is 0 Å². The van der Waals surface area contributed by atoms with Crippen LogP contribution in [0.25, 0.3) is 22.6 Å². The van der Waals surface area contributed by atoms with Crippen LogP contribution in [-0.4, -0.2) is 39.9 Å². The molecule has 2 aromatic heterocycles. The first-order valence-electron chi connectivity index (χ1n) is 8.89. The molecule has 3 aromatic rings. The minimum absolute atomic E-state index is 0.378. The van der Waals surface area contributed by atoms with Gasteiger partial charge in [-0.3, -0.25) is 14.3 Å². The molecular formula is C19H24N4O4. The molecule has 0 saturated carbocycles. The second kappa shape index (κ2) is 7.79. The zero-order valence-corrected chi connectivity index (χ0v) is 16.0. The van der Waals surface area contributed by atoms with Gasteiger partial charge >= 0.3 is 5.69 Å². The van der Waals surface area contributed by atoms with E-state index in [-0.39, 0.29) is 0 Å². The largest absolute Gasteiger partial charge is 0.496 e. The minimum atomic E-state index is -0.442. The lowest BCUT2D eigenvalue weighted by Gasteiger charge is -2.10. The summed E-state index contributed by atoms with van der Waals surface area (Å²) in [5, 5.41) is 0. The van der Waals surface area contributed by atoms with Crippen molar-refractivity contribution in [3.05, 3.63) is 44.6 Å². The first kappa shape index (κ1) is 18.9. The number of H-pyrrole nitrogens is 1. The molecule has 0 aliphatic carbocycles. The van der Waals surface area contributed by atoms with Crippen LogP contribution in [0.5, 0.6) is 5.75 Å². The summed E-state index contributed by atoms with van der Waals surface area (Å²) < 4.78 is 13.9. The van der Waals surface area contributed by atoms with Crippen molar-refractivity contribution >= 4 is 11.2 Å². The predicted molar refractivity (Wildman–Crippen MR) is 104 cm³/mol. The maximum absolute atomic E-state index is 12.6. The molecule has 1 N–H and O–H groups in total. The Labute approximate surface area is 156 Å². The summed E-state index contributed by atoms with van der Waals surface area (Å²) in [7, 11) is 3.23. The fraction of sp³-hybridized carbons (Fsp3) is 0.421. The van der Waals surface area contributed by atoms with Crippen molar-refractivity contribution in [1.82, 2.24) is 19.1 Å². The molecule has 0 aliphatic rings. The predicted octanol–water partition coefficient (Wildman–Crippen LogP) is 1.93. The summed E-state index contributed by atoms with van der Waals surface area (Å²) in [5.74, 6) is 1.40. The summed E-state index contributed by atoms with van der Waals surface area (Å²) >= 11 is 0. The Morgan fingerprint density at radius 1 is 1.15 bits per heavy atom. The summed E-state index contributed by atoms with van der Waals surface area (Å²) in [4.78, 5) is 31.9. The lowest BCUT2D eigenvalue weighted by Crippen LogP contribution is -2.31. The van der Waals surface area contributed by atoms with E-state index in [1.54, 1.807) is 14.2 Å². The number of hydrogen-bond acceptors (Lipinski definition) is 5. The van der Waals surface area contributed by atoms with Gasteiger partial charge in [-0.05, 0) is 37.1 Å². The van der Waals surface area contributed by atoms with Gasteiger partial charge in [0.1, 0.15) is 11.6 Å². The molecule has 0 atom stereocenters. The first-order chi connectivity index (χ1) is 13.0. The monoisotopic (exact) mass is 372 g/mol. The second-order valence-corrected chi connectivity index (χ2v) is 6.35. The maximum atomic E-state index is 12.6. The lowest BCUT2D eigenvalue weighted by atomic mass is 10.1. The highest BCUT2D eigenvalue weighted by molar-refractivity contribution is 5.77. The quantitative estimate of drug-likeness (QED) is 0.684. The second-order valence-electron chi connectivity index (χ2n) is 6.35. The standard InChI is InChI=1S/C19H24N4O4/c1-5-8-23-17-15(18(24)21-19(23)25)22(9-10-26-3)16(20-17)13-6-7-14(27-4)12(2)11-13/h6-7,11H,5,8-10H2,1-4H3,(H,21,24,25). The average Bonchev–Trinajstić information content (AvgIpc) is 3.03. The first-order valence-corrected chi connectivity index (χ1v) is 8.89. The molecule has 144 valence electrons. The summed E-state index contributed by atoms with van der Waals surface area (Å²) in [6.07, 6.45) is 0.753. The highest BCUT2D eigenvalue weighted by Crippen LogP contribution is 2.27. The fourth-order valence-corrected chi connectivity index (χ4v) is 3.24. The molecule has 3 rings (SSSR count). The zero-order valence-electron chi connectivity index (χ0n) is 16.0. The van der Waals surface area contributed by atoms with Crippen LogP contribution in [0.4, 0.5) is 0 Å². The number of ether oxygens (including phenoxy) is 2. The van der Waals surface area contributed by atoms with Gasteiger partial charge in [-0.2, -0.15) is 0 Å². The fourth-order valence-electron chi connectivity index (χ4n) is 3.24. The van der Waals surface area contributed by atoms with E-state index < -0.39 is 11.2 Å². The summed E-state index contributed by atoms with van der Waals surface area (Å²) in [6.45, 7) is 5.26. The van der Waals surface area contributed by atoms with Crippen molar-refractivity contribution in [2.75, 3.05) is 20.8 Å². The molecule has 8 nitrogen and oxygen atoms in total. The lowest BCUT2D eigenvalue weighted by molar-refractivity contribution is 0.188. The van der Waals surface area contributed by atoms with Crippen molar-refractivity contribution in [2.45, 2.75) is 33.4 Å². The third kappa shape index (κ3) is 3.40. The van der Waals surface area contributed by atoms with Crippen LogP contribution in [0.15, 0.2) is 27.8 Å². The Kier molecular flexibility index (Phi) is 5.46. The van der Waals surface area contributed by atoms with Gasteiger partial charge < -0.3 is 14.0 Å². The molecule has 0 fully saturated rings. The van der Waals surface area contributed by atoms with E-state index in [0.717, 1.165) is 23.3 Å². The number of nitrogens with one attached hydrogen (secondary N) is 1. The number of aromatic nitrogens is 4. The molecule has 0 aliphatic heterocycles. The van der Waals surface area contributed by atoms with E-state index in [1.165, 1.54) is 4.57 Å². The van der Waals surface area contributed by atoms with E-state index in [4.69, 9.17) is 9.47 Å². The Balaban J connectivity index is 2.32. The highest BCUT2D eigenvalue weighted by Gasteiger charge is 2.19. The van der Waals surface area contributed by atoms with E-state index in [1.807, 2.05) is 36.6 Å². The SMILES string of the molecule is CCCn1c(=O)[nH]c(=O)c2c1nc(-c1ccc(OC)c(C)c1)n2CCOC. The molecule has 0 radical (unpaired) electrons. The molecule has 2 heterocycles. The van der Waals surface area contributed by atoms with Gasteiger partial charge in [-0.15, -0.1) is 0 Å². The number of methoxy groups -OCH3 is 2. The third-order valence-electron chi connectivity index (χ3n) is 4.50. The molecule has 0 bridgehead atoms. The van der Waals surface area contributed by atoms with Crippen LogP contribution in [0.1, 0.15) is 18.9 Å². The number of hydrogen-bond donors (Lipinski definition) is 1. The molecule has 27 heavy (non-hydrogen) atoms. The number of aryl methyl sites for hydroxylation is 2. The van der Waals surface area contributed by atoms with Crippen LogP contribution in [0, 0.1) is 6.92 Å². The van der Waals surface area contributed by atoms with Crippen molar-refractivity contribution in [3.63, 3.8) is 0 Å². The summed E-state index contributed by atoms with van der Waals surface area (Å²) in [6, 6.07) is 5.72. The van der Waals surface area contributed by atoms with Gasteiger partial charge in [0.2, 0.25) is 0 Å². The van der Waals surface area contributed by atoms with Crippen LogP contribution in [0.3, 0.4) is 0 Å². The molecule has 0 saturated heterocycles. The van der Waals surface area contributed by atoms with Crippen molar-refractivity contribution in [3.8, 4) is 17.1 Å². The topological polar surface area (TPSA) is 91.1 Å². The van der Waals surface area contributed by atoms with Gasteiger partial charge in [0.05, 0.1) is 13.7 Å². The Bertz CT molecular complexity index is 1080. The molecular weight excluding hydrogens is 348 g/mol. The third-order valence-corrected chi connectivity index (χ3v) is 4.50. The number of imidazole rings is 1. The van der Waals surface area contributed by atoms with Crippen LogP contribution >= 0.6 is 0 Å². The molecule has 0 spiro atoms. The van der Waals surface area contributed by atoms with E-state index in [2.05, 4.69) is 9.97 Å². The average molecular weight is 372 g/mol. The summed E-state index contributed by atoms with van der Waals surface area (Å²) in [5.41, 5.74) is 1.69. The Morgan fingerprint density at radius 3 is 2.56 bits per heavy atom. The highest BCUT2D eigenvalue weighted by atomic mass is 16.5. The number of benzene rings is 1. The van der Waals surface area contributed by atoms with Gasteiger partial charge in [-0.25, -0.2) is 9.78 Å². The molecule has 8 heteroatoms. The van der Waals surface area contributed by atoms with Gasteiger partial charge in [-0.1, -0.05) is 6.92 Å². The van der Waals surface area contributed by atoms with Gasteiger partial charge in [0.15, 0.2) is 11.2 Å². The molecule has 0 amide bonds. The van der Waals surface area contributed by atoms with Gasteiger partial charge in [0, 0.05) is 25.8 Å². The van der Waals surface area contributed by atoms with E-state index in [9.17, 15) is 9.59 Å². The van der Waals surface area contributed by atoms with E-state index >= 15 is 0 Å². The number of rotatable bonds is 7. The normalized spacial score (nSPS) is 11.3. The van der Waals surface area contributed by atoms with Crippen LogP contribution in [-0.2, 0) is 17.8 Å². The number of nitrogens with zero attached hydrogens (tertiary/aromatic N) is 3. The number of fused-ring (bicyclic) bond motifs is 1. The van der Waals surface area contributed by atoms with Crippen LogP contribution in [0.2, 0.25) is 0 Å². The minimum Gasteiger partial charge on any atom is -0.496 e. The van der Waals surface area contributed by atoms with Crippen molar-refractivity contribution < 1.29 is 9.47 Å². The van der Waals surface area contributed by atoms with Gasteiger partial charge in [0.25, 0.3) is 5.56 Å². The Morgan fingerprint density at radius 2 is 1.93 bits per heavy atom. The smallest absolute Gasteiger partial charge is 0.330 e. The Hall–Kier alpha value is -2.87. The van der Waals surface area contributed by atoms with Crippen LogP contribution < -0.4 is 16.0 Å². The molecule has 0 unspecified atom stereocenters. The number of aromatic amines is 1.